The molecule has 4 nitrogen and oxygen atoms in total. The van der Waals surface area contributed by atoms with Crippen LogP contribution in [-0.2, 0) is 17.8 Å². The third-order valence-corrected chi connectivity index (χ3v) is 5.23. The molecule has 0 unspecified atom stereocenters. The molecule has 0 saturated heterocycles. The summed E-state index contributed by atoms with van der Waals surface area (Å²) in [5, 5.41) is 4.72. The smallest absolute Gasteiger partial charge is 0.244 e. The Morgan fingerprint density at radius 2 is 1.76 bits per heavy atom. The lowest BCUT2D eigenvalue weighted by molar-refractivity contribution is -0.120. The maximum absolute atomic E-state index is 12.1. The maximum atomic E-state index is 12.1. The van der Waals surface area contributed by atoms with Crippen LogP contribution in [0.3, 0.4) is 0 Å². The average Bonchev–Trinajstić information content (AvgIpc) is 2.70. The van der Waals surface area contributed by atoms with Crippen LogP contribution >= 0.6 is 43.5 Å². The van der Waals surface area contributed by atoms with Crippen LogP contribution in [0.2, 0.25) is 5.02 Å². The van der Waals surface area contributed by atoms with Gasteiger partial charge in [-0.25, -0.2) is 5.43 Å². The van der Waals surface area contributed by atoms with Gasteiger partial charge in [0.2, 0.25) is 5.91 Å². The van der Waals surface area contributed by atoms with E-state index in [-0.39, 0.29) is 12.3 Å². The number of rotatable bonds is 7. The van der Waals surface area contributed by atoms with Gasteiger partial charge in [-0.05, 0) is 51.3 Å². The van der Waals surface area contributed by atoms with E-state index < -0.39 is 0 Å². The number of hydrogen-bond donors (Lipinski definition) is 1. The van der Waals surface area contributed by atoms with Crippen LogP contribution in [-0.4, -0.2) is 12.1 Å². The van der Waals surface area contributed by atoms with Crippen molar-refractivity contribution in [1.82, 2.24) is 5.43 Å². The molecule has 0 aliphatic rings. The molecule has 3 aromatic rings. The zero-order valence-corrected chi connectivity index (χ0v) is 19.2. The number of nitrogens with zero attached hydrogens (tertiary/aromatic N) is 1. The molecule has 1 amide bonds. The highest BCUT2D eigenvalue weighted by Gasteiger charge is 2.10. The van der Waals surface area contributed by atoms with E-state index in [2.05, 4.69) is 42.4 Å². The molecule has 0 aliphatic carbocycles. The monoisotopic (exact) mass is 534 g/mol. The number of nitrogens with one attached hydrogen (secondary N) is 1. The largest absolute Gasteiger partial charge is 0.487 e. The zero-order valence-electron chi connectivity index (χ0n) is 15.2. The number of hydrazone groups is 1. The second-order valence-electron chi connectivity index (χ2n) is 6.18. The highest BCUT2D eigenvalue weighted by atomic mass is 79.9. The lowest BCUT2D eigenvalue weighted by Gasteiger charge is -2.12. The third-order valence-electron chi connectivity index (χ3n) is 3.93. The van der Waals surface area contributed by atoms with E-state index in [0.29, 0.717) is 17.4 Å². The lowest BCUT2D eigenvalue weighted by atomic mass is 10.1. The number of hydrogen-bond acceptors (Lipinski definition) is 3. The quantitative estimate of drug-likeness (QED) is 0.292. The van der Waals surface area contributed by atoms with Gasteiger partial charge in [-0.15, -0.1) is 0 Å². The van der Waals surface area contributed by atoms with E-state index in [0.717, 1.165) is 25.6 Å². The van der Waals surface area contributed by atoms with Gasteiger partial charge in [-0.3, -0.25) is 4.79 Å². The number of carbonyl (C=O) groups is 1. The van der Waals surface area contributed by atoms with Gasteiger partial charge >= 0.3 is 0 Å². The Morgan fingerprint density at radius 3 is 2.48 bits per heavy atom. The van der Waals surface area contributed by atoms with Crippen LogP contribution in [0.15, 0.2) is 80.8 Å². The topological polar surface area (TPSA) is 50.7 Å². The molecule has 0 bridgehead atoms. The summed E-state index contributed by atoms with van der Waals surface area (Å²) in [4.78, 5) is 12.1. The first-order valence-corrected chi connectivity index (χ1v) is 10.7. The first-order valence-electron chi connectivity index (χ1n) is 8.73. The molecule has 7 heteroatoms. The van der Waals surface area contributed by atoms with Crippen LogP contribution in [0.1, 0.15) is 16.7 Å². The van der Waals surface area contributed by atoms with E-state index in [4.69, 9.17) is 16.3 Å². The minimum Gasteiger partial charge on any atom is -0.487 e. The van der Waals surface area contributed by atoms with Crippen molar-refractivity contribution in [2.24, 2.45) is 5.10 Å². The summed E-state index contributed by atoms with van der Waals surface area (Å²) in [6, 6.07) is 20.8. The van der Waals surface area contributed by atoms with Gasteiger partial charge in [0.15, 0.2) is 0 Å². The van der Waals surface area contributed by atoms with Crippen molar-refractivity contribution in [3.05, 3.63) is 97.4 Å². The predicted molar refractivity (Wildman–Crippen MR) is 124 cm³/mol. The third kappa shape index (κ3) is 6.70. The minimum absolute atomic E-state index is 0.216. The Hall–Kier alpha value is -2.15. The van der Waals surface area contributed by atoms with Gasteiger partial charge < -0.3 is 4.74 Å². The number of benzene rings is 3. The fourth-order valence-corrected chi connectivity index (χ4v) is 4.06. The second-order valence-corrected chi connectivity index (χ2v) is 8.38. The van der Waals surface area contributed by atoms with Crippen molar-refractivity contribution in [2.45, 2.75) is 13.0 Å². The SMILES string of the molecule is O=C(Cc1ccc(Cl)cc1)N/N=C/c1cc(Br)cc(Br)c1OCc1ccccc1. The normalized spacial score (nSPS) is 10.9. The summed E-state index contributed by atoms with van der Waals surface area (Å²) in [5.41, 5.74) is 5.19. The summed E-state index contributed by atoms with van der Waals surface area (Å²) in [5.74, 6) is 0.428. The first-order chi connectivity index (χ1) is 14.0. The number of ether oxygens (including phenoxy) is 1. The van der Waals surface area contributed by atoms with E-state index >= 15 is 0 Å². The summed E-state index contributed by atoms with van der Waals surface area (Å²) in [7, 11) is 0. The molecule has 0 fully saturated rings. The standard InChI is InChI=1S/C22H17Br2ClN2O2/c23-18-11-17(13-26-27-21(28)10-15-6-8-19(25)9-7-15)22(20(24)12-18)29-14-16-4-2-1-3-5-16/h1-9,11-13H,10,14H2,(H,27,28)/b26-13+. The summed E-state index contributed by atoms with van der Waals surface area (Å²) in [6.07, 6.45) is 1.78. The first kappa shape index (κ1) is 21.6. The molecule has 1 N–H and O–H groups in total. The Kier molecular flexibility index (Phi) is 7.86. The van der Waals surface area contributed by atoms with Gasteiger partial charge in [0.05, 0.1) is 17.1 Å². The molecule has 0 atom stereocenters. The molecule has 29 heavy (non-hydrogen) atoms. The Bertz CT molecular complexity index is 1010. The van der Waals surface area contributed by atoms with Gasteiger partial charge in [0, 0.05) is 15.1 Å². The number of halogens is 3. The Balaban J connectivity index is 1.67. The van der Waals surface area contributed by atoms with Crippen LogP contribution < -0.4 is 10.2 Å². The van der Waals surface area contributed by atoms with Crippen molar-refractivity contribution < 1.29 is 9.53 Å². The summed E-state index contributed by atoms with van der Waals surface area (Å²) in [6.45, 7) is 0.421. The van der Waals surface area contributed by atoms with Crippen LogP contribution in [0, 0.1) is 0 Å². The molecule has 0 heterocycles. The average molecular weight is 537 g/mol. The molecular formula is C22H17Br2ClN2O2. The van der Waals surface area contributed by atoms with Gasteiger partial charge in [0.1, 0.15) is 12.4 Å². The van der Waals surface area contributed by atoms with Gasteiger partial charge in [-0.1, -0.05) is 70.0 Å². The molecule has 0 saturated carbocycles. The highest BCUT2D eigenvalue weighted by molar-refractivity contribution is 9.11. The molecule has 148 valence electrons. The molecule has 0 aromatic heterocycles. The maximum Gasteiger partial charge on any atom is 0.244 e. The van der Waals surface area contributed by atoms with Crippen molar-refractivity contribution >= 4 is 55.6 Å². The van der Waals surface area contributed by atoms with Crippen LogP contribution in [0.5, 0.6) is 5.75 Å². The fraction of sp³-hybridized carbons (Fsp3) is 0.0909. The number of carbonyl (C=O) groups excluding carboxylic acids is 1. The van der Waals surface area contributed by atoms with Crippen molar-refractivity contribution in [3.63, 3.8) is 0 Å². The van der Waals surface area contributed by atoms with E-state index in [1.165, 1.54) is 0 Å². The molecule has 0 aliphatic heterocycles. The van der Waals surface area contributed by atoms with Crippen molar-refractivity contribution in [3.8, 4) is 5.75 Å². The van der Waals surface area contributed by atoms with Crippen molar-refractivity contribution in [2.75, 3.05) is 0 Å². The molecular weight excluding hydrogens is 520 g/mol. The predicted octanol–water partition coefficient (Wildman–Crippen LogP) is 6.14. The van der Waals surface area contributed by atoms with E-state index in [1.54, 1.807) is 18.3 Å². The zero-order chi connectivity index (χ0) is 20.6. The highest BCUT2D eigenvalue weighted by Crippen LogP contribution is 2.32. The van der Waals surface area contributed by atoms with E-state index in [1.807, 2.05) is 54.6 Å². The Labute approximate surface area is 191 Å². The van der Waals surface area contributed by atoms with Crippen LogP contribution in [0.25, 0.3) is 0 Å². The lowest BCUT2D eigenvalue weighted by Crippen LogP contribution is -2.19. The summed E-state index contributed by atoms with van der Waals surface area (Å²) >= 11 is 12.9. The fourth-order valence-electron chi connectivity index (χ4n) is 2.56. The van der Waals surface area contributed by atoms with Crippen molar-refractivity contribution in [1.29, 1.82) is 0 Å². The van der Waals surface area contributed by atoms with Gasteiger partial charge in [-0.2, -0.15) is 5.10 Å². The van der Waals surface area contributed by atoms with Gasteiger partial charge in [0.25, 0.3) is 0 Å². The molecule has 3 rings (SSSR count). The summed E-state index contributed by atoms with van der Waals surface area (Å²) < 4.78 is 7.64. The molecule has 0 spiro atoms. The molecule has 3 aromatic carbocycles. The molecule has 0 radical (unpaired) electrons. The van der Waals surface area contributed by atoms with E-state index in [9.17, 15) is 4.79 Å². The second kappa shape index (κ2) is 10.6. The number of amides is 1. The van der Waals surface area contributed by atoms with Crippen LogP contribution in [0.4, 0.5) is 0 Å². The Morgan fingerprint density at radius 1 is 1.03 bits per heavy atom. The minimum atomic E-state index is -0.218.